The van der Waals surface area contributed by atoms with Crippen LogP contribution in [0.1, 0.15) is 58.7 Å². The second kappa shape index (κ2) is 10.7. The van der Waals surface area contributed by atoms with Gasteiger partial charge in [-0.05, 0) is 58.1 Å². The van der Waals surface area contributed by atoms with Crippen molar-refractivity contribution in [3.05, 3.63) is 41.2 Å². The van der Waals surface area contributed by atoms with E-state index in [1.807, 2.05) is 0 Å². The number of piperidine rings is 1. The summed E-state index contributed by atoms with van der Waals surface area (Å²) in [6.45, 7) is 12.8. The molecular weight excluding hydrogens is 442 g/mol. The SMILES string of the molecule is CC(C)(C)O.COc1ccc(-c2cnc(C)c(CC(=O)O)c2N2CCC(C)(C)CC2)c(F)c1F. The number of ether oxygens (including phenoxy) is 1. The second-order valence-electron chi connectivity index (χ2n) is 10.4. The first-order valence-electron chi connectivity index (χ1n) is 11.3. The first kappa shape index (κ1) is 27.5. The van der Waals surface area contributed by atoms with Crippen LogP contribution < -0.4 is 9.64 Å². The molecule has 0 radical (unpaired) electrons. The molecule has 1 fully saturated rings. The van der Waals surface area contributed by atoms with Crippen LogP contribution in [-0.4, -0.2) is 47.0 Å². The molecule has 6 nitrogen and oxygen atoms in total. The first-order valence-corrected chi connectivity index (χ1v) is 11.3. The molecule has 0 saturated carbocycles. The Morgan fingerprint density at radius 1 is 1.15 bits per heavy atom. The average molecular weight is 479 g/mol. The fourth-order valence-electron chi connectivity index (χ4n) is 3.79. The van der Waals surface area contributed by atoms with Crippen molar-refractivity contribution in [1.82, 2.24) is 4.98 Å². The van der Waals surface area contributed by atoms with Crippen molar-refractivity contribution in [1.29, 1.82) is 0 Å². The minimum Gasteiger partial charge on any atom is -0.494 e. The van der Waals surface area contributed by atoms with Crippen LogP contribution in [0.5, 0.6) is 5.75 Å². The zero-order valence-corrected chi connectivity index (χ0v) is 21.1. The van der Waals surface area contributed by atoms with Crippen LogP contribution in [0.4, 0.5) is 14.5 Å². The molecule has 8 heteroatoms. The summed E-state index contributed by atoms with van der Waals surface area (Å²) in [5.74, 6) is -3.28. The number of anilines is 1. The number of pyridine rings is 1. The summed E-state index contributed by atoms with van der Waals surface area (Å²) in [6, 6.07) is 2.82. The molecule has 2 N–H and O–H groups in total. The Morgan fingerprint density at radius 2 is 1.71 bits per heavy atom. The molecule has 3 rings (SSSR count). The standard InChI is InChI=1S/C22H26F2N2O3.C4H10O/c1-13-15(11-18(27)28)21(26-9-7-22(2,3)8-10-26)16(12-25-13)14-5-6-17(29-4)20(24)19(14)23;1-4(2,3)5/h5-6,12H,7-11H2,1-4H3,(H,27,28);5H,1-3H3. The Kier molecular flexibility index (Phi) is 8.64. The number of hydrogen-bond acceptors (Lipinski definition) is 5. The lowest BCUT2D eigenvalue weighted by atomic mass is 9.82. The van der Waals surface area contributed by atoms with Gasteiger partial charge in [0.15, 0.2) is 11.6 Å². The van der Waals surface area contributed by atoms with Crippen molar-refractivity contribution in [2.45, 2.75) is 66.4 Å². The molecule has 0 amide bonds. The van der Waals surface area contributed by atoms with Gasteiger partial charge in [-0.2, -0.15) is 4.39 Å². The molecule has 0 aliphatic carbocycles. The number of carboxylic acid groups (broad SMARTS) is 1. The predicted molar refractivity (Wildman–Crippen MR) is 129 cm³/mol. The van der Waals surface area contributed by atoms with Crippen LogP contribution in [0.15, 0.2) is 18.3 Å². The van der Waals surface area contributed by atoms with Crippen molar-refractivity contribution in [2.24, 2.45) is 5.41 Å². The van der Waals surface area contributed by atoms with Crippen molar-refractivity contribution in [3.8, 4) is 16.9 Å². The van der Waals surface area contributed by atoms with Gasteiger partial charge < -0.3 is 19.8 Å². The monoisotopic (exact) mass is 478 g/mol. The Hall–Kier alpha value is -2.74. The summed E-state index contributed by atoms with van der Waals surface area (Å²) in [5.41, 5.74) is 1.85. The number of carbonyl (C=O) groups is 1. The highest BCUT2D eigenvalue weighted by Crippen LogP contribution is 2.41. The van der Waals surface area contributed by atoms with Crippen LogP contribution in [0.3, 0.4) is 0 Å². The highest BCUT2D eigenvalue weighted by molar-refractivity contribution is 5.85. The van der Waals surface area contributed by atoms with E-state index in [1.54, 1.807) is 27.7 Å². The van der Waals surface area contributed by atoms with E-state index in [4.69, 9.17) is 9.84 Å². The van der Waals surface area contributed by atoms with Crippen molar-refractivity contribution in [3.63, 3.8) is 0 Å². The molecule has 0 bridgehead atoms. The molecule has 34 heavy (non-hydrogen) atoms. The number of carboxylic acids is 1. The van der Waals surface area contributed by atoms with Gasteiger partial charge in [0.2, 0.25) is 5.82 Å². The number of methoxy groups -OCH3 is 1. The highest BCUT2D eigenvalue weighted by Gasteiger charge is 2.30. The number of nitrogens with zero attached hydrogens (tertiary/aromatic N) is 2. The van der Waals surface area contributed by atoms with Gasteiger partial charge >= 0.3 is 5.97 Å². The number of aliphatic hydroxyl groups is 1. The maximum atomic E-state index is 14.9. The summed E-state index contributed by atoms with van der Waals surface area (Å²) in [4.78, 5) is 17.9. The zero-order valence-electron chi connectivity index (χ0n) is 21.1. The first-order chi connectivity index (χ1) is 15.6. The Balaban J connectivity index is 0.000000739. The van der Waals surface area contributed by atoms with E-state index < -0.39 is 23.2 Å². The van der Waals surface area contributed by atoms with E-state index >= 15 is 0 Å². The lowest BCUT2D eigenvalue weighted by molar-refractivity contribution is -0.136. The third-order valence-electron chi connectivity index (χ3n) is 5.68. The second-order valence-corrected chi connectivity index (χ2v) is 10.4. The van der Waals surface area contributed by atoms with Gasteiger partial charge in [-0.3, -0.25) is 9.78 Å². The minimum absolute atomic E-state index is 0.0438. The van der Waals surface area contributed by atoms with Gasteiger partial charge in [0.25, 0.3) is 0 Å². The van der Waals surface area contributed by atoms with Gasteiger partial charge in [0.05, 0.1) is 24.8 Å². The van der Waals surface area contributed by atoms with Gasteiger partial charge in [-0.15, -0.1) is 0 Å². The molecule has 188 valence electrons. The Labute approximate surface area is 200 Å². The largest absolute Gasteiger partial charge is 0.494 e. The molecule has 1 aliphatic rings. The molecule has 1 aromatic carbocycles. The molecule has 1 aromatic heterocycles. The molecule has 2 aromatic rings. The van der Waals surface area contributed by atoms with E-state index in [0.29, 0.717) is 35.6 Å². The minimum atomic E-state index is -1.07. The summed E-state index contributed by atoms with van der Waals surface area (Å²) < 4.78 is 34.1. The van der Waals surface area contributed by atoms with E-state index in [2.05, 4.69) is 23.7 Å². The van der Waals surface area contributed by atoms with Crippen LogP contribution in [-0.2, 0) is 11.2 Å². The normalized spacial score (nSPS) is 15.4. The van der Waals surface area contributed by atoms with Gasteiger partial charge in [0.1, 0.15) is 0 Å². The lowest BCUT2D eigenvalue weighted by Crippen LogP contribution is -2.38. The smallest absolute Gasteiger partial charge is 0.307 e. The zero-order chi connectivity index (χ0) is 25.8. The van der Waals surface area contributed by atoms with Gasteiger partial charge in [0, 0.05) is 41.7 Å². The number of hydrogen-bond donors (Lipinski definition) is 2. The summed E-state index contributed by atoms with van der Waals surface area (Å²) in [6.07, 6.45) is 3.10. The van der Waals surface area contributed by atoms with Gasteiger partial charge in [-0.1, -0.05) is 13.8 Å². The summed E-state index contributed by atoms with van der Waals surface area (Å²) in [7, 11) is 1.27. The summed E-state index contributed by atoms with van der Waals surface area (Å²) in [5, 5.41) is 17.9. The van der Waals surface area contributed by atoms with Crippen LogP contribution in [0.2, 0.25) is 0 Å². The topological polar surface area (TPSA) is 82.9 Å². The fourth-order valence-corrected chi connectivity index (χ4v) is 3.79. The summed E-state index contributed by atoms with van der Waals surface area (Å²) >= 11 is 0. The van der Waals surface area contributed by atoms with E-state index in [9.17, 15) is 18.7 Å². The fraction of sp³-hybridized carbons (Fsp3) is 0.538. The number of rotatable bonds is 5. The molecule has 0 unspecified atom stereocenters. The number of aromatic nitrogens is 1. The molecule has 1 saturated heterocycles. The van der Waals surface area contributed by atoms with Crippen LogP contribution >= 0.6 is 0 Å². The van der Waals surface area contributed by atoms with Crippen LogP contribution in [0.25, 0.3) is 11.1 Å². The molecule has 2 heterocycles. The van der Waals surface area contributed by atoms with E-state index in [1.165, 1.54) is 25.4 Å². The van der Waals surface area contributed by atoms with Gasteiger partial charge in [-0.25, -0.2) is 4.39 Å². The van der Waals surface area contributed by atoms with Crippen molar-refractivity contribution >= 4 is 11.7 Å². The molecule has 0 atom stereocenters. The molecular formula is C26H36F2N2O4. The Bertz CT molecular complexity index is 1020. The highest BCUT2D eigenvalue weighted by atomic mass is 19.2. The third kappa shape index (κ3) is 7.13. The molecule has 1 aliphatic heterocycles. The third-order valence-corrected chi connectivity index (χ3v) is 5.68. The number of aryl methyl sites for hydroxylation is 1. The number of aliphatic carboxylic acids is 1. The number of halogens is 2. The Morgan fingerprint density at radius 3 is 2.21 bits per heavy atom. The van der Waals surface area contributed by atoms with Crippen molar-refractivity contribution < 1.29 is 28.5 Å². The quantitative estimate of drug-likeness (QED) is 0.601. The molecule has 0 spiro atoms. The van der Waals surface area contributed by atoms with E-state index in [0.717, 1.165) is 12.8 Å². The van der Waals surface area contributed by atoms with E-state index in [-0.39, 0.29) is 23.1 Å². The predicted octanol–water partition coefficient (Wildman–Crippen LogP) is 5.37. The average Bonchev–Trinajstić information content (AvgIpc) is 2.70. The lowest BCUT2D eigenvalue weighted by Gasteiger charge is -2.40. The number of benzene rings is 1. The van der Waals surface area contributed by atoms with Crippen molar-refractivity contribution in [2.75, 3.05) is 25.1 Å². The maximum absolute atomic E-state index is 14.9. The maximum Gasteiger partial charge on any atom is 0.307 e. The van der Waals surface area contributed by atoms with Crippen LogP contribution in [0, 0.1) is 24.0 Å².